The van der Waals surface area contributed by atoms with Crippen molar-refractivity contribution in [3.63, 3.8) is 0 Å². The molecule has 0 saturated carbocycles. The van der Waals surface area contributed by atoms with Crippen LogP contribution in [0, 0.1) is 13.8 Å². The molecule has 170 valence electrons. The fraction of sp³-hybridized carbons (Fsp3) is 0.296. The van der Waals surface area contributed by atoms with E-state index in [2.05, 4.69) is 22.5 Å². The van der Waals surface area contributed by atoms with E-state index in [1.54, 1.807) is 6.07 Å². The van der Waals surface area contributed by atoms with Crippen molar-refractivity contribution in [1.29, 1.82) is 0 Å². The molecule has 0 bridgehead atoms. The third-order valence-corrected chi connectivity index (χ3v) is 7.22. The summed E-state index contributed by atoms with van der Waals surface area (Å²) in [6, 6.07) is 15.6. The van der Waals surface area contributed by atoms with Gasteiger partial charge < -0.3 is 9.30 Å². The minimum Gasteiger partial charge on any atom is -0.379 e. The van der Waals surface area contributed by atoms with Crippen LogP contribution in [0.2, 0.25) is 10.0 Å². The molecular weight excluding hydrogens is 455 g/mol. The fourth-order valence-corrected chi connectivity index (χ4v) is 5.51. The van der Waals surface area contributed by atoms with Gasteiger partial charge in [-0.3, -0.25) is 9.69 Å². The Morgan fingerprint density at radius 2 is 1.70 bits per heavy atom. The van der Waals surface area contributed by atoms with E-state index in [1.807, 2.05) is 43.3 Å². The molecule has 0 N–H and O–H groups in total. The molecular formula is C27H26Cl2N2O2. The van der Waals surface area contributed by atoms with E-state index in [0.717, 1.165) is 72.3 Å². The van der Waals surface area contributed by atoms with Crippen molar-refractivity contribution < 1.29 is 9.53 Å². The van der Waals surface area contributed by atoms with Crippen LogP contribution in [0.3, 0.4) is 0 Å². The van der Waals surface area contributed by atoms with Crippen LogP contribution < -0.4 is 0 Å². The minimum absolute atomic E-state index is 0.0111. The number of ketones is 1. The summed E-state index contributed by atoms with van der Waals surface area (Å²) in [7, 11) is 0. The molecule has 0 amide bonds. The maximum Gasteiger partial charge on any atom is 0.196 e. The Kier molecular flexibility index (Phi) is 6.19. The SMILES string of the molecule is Cc1ccc(C(=O)c2c(C)n(CCN3CCOCC3)c3cc(Cl)cc(Cl)c23)c2ccccc12. The van der Waals surface area contributed by atoms with Crippen molar-refractivity contribution in [3.05, 3.63) is 81.0 Å². The molecule has 0 radical (unpaired) electrons. The van der Waals surface area contributed by atoms with Crippen LogP contribution in [0.25, 0.3) is 21.7 Å². The first-order valence-electron chi connectivity index (χ1n) is 11.3. The summed E-state index contributed by atoms with van der Waals surface area (Å²) in [5.74, 6) is -0.0111. The van der Waals surface area contributed by atoms with Gasteiger partial charge in [0.05, 0.1) is 29.3 Å². The number of aryl methyl sites for hydroxylation is 1. The Hall–Kier alpha value is -2.37. The molecule has 1 saturated heterocycles. The second kappa shape index (κ2) is 9.11. The average Bonchev–Trinajstić information content (AvgIpc) is 3.09. The van der Waals surface area contributed by atoms with Crippen LogP contribution in [0.1, 0.15) is 27.2 Å². The van der Waals surface area contributed by atoms with Gasteiger partial charge in [-0.2, -0.15) is 0 Å². The van der Waals surface area contributed by atoms with E-state index in [0.29, 0.717) is 21.2 Å². The standard InChI is InChI=1S/C27H26Cl2N2O2/c1-17-7-8-22(21-6-4-3-5-20(17)21)27(32)25-18(2)31(10-9-30-11-13-33-14-12-30)24-16-19(28)15-23(29)26(24)25/h3-8,15-16H,9-14H2,1-2H3. The van der Waals surface area contributed by atoms with Crippen molar-refractivity contribution >= 4 is 50.7 Å². The van der Waals surface area contributed by atoms with Gasteiger partial charge in [0.1, 0.15) is 0 Å². The number of fused-ring (bicyclic) bond motifs is 2. The highest BCUT2D eigenvalue weighted by Gasteiger charge is 2.25. The fourth-order valence-electron chi connectivity index (χ4n) is 4.93. The molecule has 4 aromatic rings. The number of ether oxygens (including phenoxy) is 1. The van der Waals surface area contributed by atoms with Crippen LogP contribution >= 0.6 is 23.2 Å². The second-order valence-corrected chi connectivity index (χ2v) is 9.50. The van der Waals surface area contributed by atoms with Crippen molar-refractivity contribution in [2.24, 2.45) is 0 Å². The maximum absolute atomic E-state index is 14.0. The van der Waals surface area contributed by atoms with Crippen LogP contribution in [-0.2, 0) is 11.3 Å². The Balaban J connectivity index is 1.65. The van der Waals surface area contributed by atoms with Crippen LogP contribution in [0.5, 0.6) is 0 Å². The largest absolute Gasteiger partial charge is 0.379 e. The highest BCUT2D eigenvalue weighted by atomic mass is 35.5. The highest BCUT2D eigenvalue weighted by Crippen LogP contribution is 2.37. The first-order chi connectivity index (χ1) is 16.0. The van der Waals surface area contributed by atoms with Crippen molar-refractivity contribution in [2.45, 2.75) is 20.4 Å². The van der Waals surface area contributed by atoms with Gasteiger partial charge >= 0.3 is 0 Å². The number of carbonyl (C=O) groups is 1. The lowest BCUT2D eigenvalue weighted by molar-refractivity contribution is 0.0365. The molecule has 1 aliphatic heterocycles. The highest BCUT2D eigenvalue weighted by molar-refractivity contribution is 6.40. The van der Waals surface area contributed by atoms with Gasteiger partial charge in [-0.1, -0.05) is 59.6 Å². The number of hydrogen-bond donors (Lipinski definition) is 0. The number of nitrogens with zero attached hydrogens (tertiary/aromatic N) is 2. The average molecular weight is 481 g/mol. The first-order valence-corrected chi connectivity index (χ1v) is 12.0. The molecule has 0 atom stereocenters. The Labute approximate surface area is 203 Å². The van der Waals surface area contributed by atoms with E-state index in [1.165, 1.54) is 0 Å². The van der Waals surface area contributed by atoms with Gasteiger partial charge in [0.15, 0.2) is 5.78 Å². The number of carbonyl (C=O) groups excluding carboxylic acids is 1. The molecule has 0 spiro atoms. The summed E-state index contributed by atoms with van der Waals surface area (Å²) in [6.07, 6.45) is 0. The van der Waals surface area contributed by atoms with Crippen molar-refractivity contribution in [2.75, 3.05) is 32.8 Å². The number of hydrogen-bond acceptors (Lipinski definition) is 3. The van der Waals surface area contributed by atoms with E-state index < -0.39 is 0 Å². The summed E-state index contributed by atoms with van der Waals surface area (Å²) < 4.78 is 7.66. The lowest BCUT2D eigenvalue weighted by atomic mass is 9.93. The van der Waals surface area contributed by atoms with E-state index in [9.17, 15) is 4.79 Å². The van der Waals surface area contributed by atoms with Gasteiger partial charge in [-0.05, 0) is 42.3 Å². The van der Waals surface area contributed by atoms with E-state index in [-0.39, 0.29) is 5.78 Å². The molecule has 6 heteroatoms. The van der Waals surface area contributed by atoms with Gasteiger partial charge in [0, 0.05) is 47.8 Å². The monoisotopic (exact) mass is 480 g/mol. The zero-order chi connectivity index (χ0) is 23.1. The minimum atomic E-state index is -0.0111. The number of benzene rings is 3. The van der Waals surface area contributed by atoms with Gasteiger partial charge in [0.25, 0.3) is 0 Å². The number of rotatable bonds is 5. The lowest BCUT2D eigenvalue weighted by Crippen LogP contribution is -2.38. The third kappa shape index (κ3) is 4.06. The molecule has 33 heavy (non-hydrogen) atoms. The van der Waals surface area contributed by atoms with Gasteiger partial charge in [-0.15, -0.1) is 0 Å². The number of halogens is 2. The molecule has 4 nitrogen and oxygen atoms in total. The summed E-state index contributed by atoms with van der Waals surface area (Å²) in [5.41, 5.74) is 4.31. The first kappa shape index (κ1) is 22.4. The molecule has 5 rings (SSSR count). The normalized spacial score (nSPS) is 14.9. The Morgan fingerprint density at radius 3 is 2.45 bits per heavy atom. The van der Waals surface area contributed by atoms with E-state index >= 15 is 0 Å². The molecule has 0 unspecified atom stereocenters. The summed E-state index contributed by atoms with van der Waals surface area (Å²) in [5, 5.41) is 3.89. The molecule has 1 fully saturated rings. The predicted octanol–water partition coefficient (Wildman–Crippen LogP) is 6.28. The van der Waals surface area contributed by atoms with Crippen molar-refractivity contribution in [3.8, 4) is 0 Å². The van der Waals surface area contributed by atoms with E-state index in [4.69, 9.17) is 27.9 Å². The van der Waals surface area contributed by atoms with Gasteiger partial charge in [-0.25, -0.2) is 0 Å². The summed E-state index contributed by atoms with van der Waals surface area (Å²) >= 11 is 13.1. The predicted molar refractivity (Wildman–Crippen MR) is 136 cm³/mol. The molecule has 1 aliphatic rings. The Morgan fingerprint density at radius 1 is 0.970 bits per heavy atom. The topological polar surface area (TPSA) is 34.5 Å². The van der Waals surface area contributed by atoms with Crippen LogP contribution in [0.4, 0.5) is 0 Å². The molecule has 1 aromatic heterocycles. The zero-order valence-corrected chi connectivity index (χ0v) is 20.3. The zero-order valence-electron chi connectivity index (χ0n) is 18.8. The maximum atomic E-state index is 14.0. The lowest BCUT2D eigenvalue weighted by Gasteiger charge is -2.27. The van der Waals surface area contributed by atoms with Crippen LogP contribution in [-0.4, -0.2) is 48.1 Å². The van der Waals surface area contributed by atoms with Crippen LogP contribution in [0.15, 0.2) is 48.5 Å². The Bertz CT molecular complexity index is 1370. The third-order valence-electron chi connectivity index (χ3n) is 6.70. The van der Waals surface area contributed by atoms with Crippen molar-refractivity contribution in [1.82, 2.24) is 9.47 Å². The van der Waals surface area contributed by atoms with Gasteiger partial charge in [0.2, 0.25) is 0 Å². The smallest absolute Gasteiger partial charge is 0.196 e. The second-order valence-electron chi connectivity index (χ2n) is 8.65. The molecule has 0 aliphatic carbocycles. The number of aromatic nitrogens is 1. The summed E-state index contributed by atoms with van der Waals surface area (Å²) in [6.45, 7) is 9.05. The quantitative estimate of drug-likeness (QED) is 0.315. The number of morpholine rings is 1. The molecule has 3 aromatic carbocycles. The molecule has 2 heterocycles. The summed E-state index contributed by atoms with van der Waals surface area (Å²) in [4.78, 5) is 16.4.